The lowest BCUT2D eigenvalue weighted by Crippen LogP contribution is -2.27. The molecule has 23 heavy (non-hydrogen) atoms. The van der Waals surface area contributed by atoms with Crippen LogP contribution in [0, 0.1) is 0 Å². The maximum Gasteiger partial charge on any atom is 0.175 e. The first-order chi connectivity index (χ1) is 10.8. The minimum absolute atomic E-state index is 0.0468. The zero-order valence-corrected chi connectivity index (χ0v) is 13.1. The summed E-state index contributed by atoms with van der Waals surface area (Å²) in [6, 6.07) is 3.66. The number of ketones is 1. The first-order valence-corrected chi connectivity index (χ1v) is 7.16. The molecule has 0 aromatic carbocycles. The van der Waals surface area contributed by atoms with Gasteiger partial charge in [-0.25, -0.2) is 4.39 Å². The van der Waals surface area contributed by atoms with Crippen LogP contribution in [-0.2, 0) is 18.3 Å². The Bertz CT molecular complexity index is 882. The lowest BCUT2D eigenvalue weighted by molar-refractivity contribution is -0.127. The third kappa shape index (κ3) is 3.23. The van der Waals surface area contributed by atoms with Crippen LogP contribution in [0.1, 0.15) is 19.5 Å². The van der Waals surface area contributed by atoms with E-state index in [0.717, 1.165) is 10.9 Å². The Labute approximate surface area is 132 Å². The number of carbonyl (C=O) groups is 1. The molecule has 7 heteroatoms. The van der Waals surface area contributed by atoms with Gasteiger partial charge < -0.3 is 0 Å². The van der Waals surface area contributed by atoms with Crippen LogP contribution in [0.4, 0.5) is 4.39 Å². The molecule has 0 radical (unpaired) electrons. The van der Waals surface area contributed by atoms with Crippen molar-refractivity contribution in [3.8, 4) is 11.3 Å². The second-order valence-corrected chi connectivity index (χ2v) is 5.94. The number of pyridine rings is 2. The monoisotopic (exact) mass is 313 g/mol. The Hall–Kier alpha value is -2.70. The number of aryl methyl sites for hydroxylation is 1. The largest absolute Gasteiger partial charge is 0.296 e. The van der Waals surface area contributed by atoms with Crippen molar-refractivity contribution < 1.29 is 9.18 Å². The van der Waals surface area contributed by atoms with Crippen molar-refractivity contribution in [1.82, 2.24) is 25.0 Å². The van der Waals surface area contributed by atoms with Crippen molar-refractivity contribution in [1.29, 1.82) is 0 Å². The molecule has 118 valence electrons. The molecular weight excluding hydrogens is 297 g/mol. The molecule has 0 aliphatic rings. The highest BCUT2D eigenvalue weighted by Crippen LogP contribution is 2.21. The second-order valence-electron chi connectivity index (χ2n) is 5.94. The van der Waals surface area contributed by atoms with Crippen LogP contribution in [0.2, 0.25) is 0 Å². The number of halogens is 1. The van der Waals surface area contributed by atoms with Crippen LogP contribution in [0.25, 0.3) is 22.2 Å². The van der Waals surface area contributed by atoms with Gasteiger partial charge in [-0.3, -0.25) is 19.4 Å². The summed E-state index contributed by atoms with van der Waals surface area (Å²) in [6.45, 7) is 2.51. The lowest BCUT2D eigenvalue weighted by atomic mass is 10.0. The lowest BCUT2D eigenvalue weighted by Gasteiger charge is -2.12. The number of aromatic nitrogens is 5. The van der Waals surface area contributed by atoms with Gasteiger partial charge in [0.05, 0.1) is 24.3 Å². The Morgan fingerprint density at radius 2 is 2.04 bits per heavy atom. The summed E-state index contributed by atoms with van der Waals surface area (Å²) >= 11 is 0. The van der Waals surface area contributed by atoms with Crippen LogP contribution in [0.15, 0.2) is 30.7 Å². The van der Waals surface area contributed by atoms with E-state index in [4.69, 9.17) is 0 Å². The van der Waals surface area contributed by atoms with Gasteiger partial charge in [-0.05, 0) is 26.0 Å². The predicted octanol–water partition coefficient (Wildman–Crippen LogP) is 2.29. The zero-order chi connectivity index (χ0) is 16.6. The van der Waals surface area contributed by atoms with Gasteiger partial charge in [0, 0.05) is 29.9 Å². The Morgan fingerprint density at radius 3 is 2.70 bits per heavy atom. The molecule has 3 aromatic heterocycles. The van der Waals surface area contributed by atoms with Crippen molar-refractivity contribution in [3.05, 3.63) is 36.4 Å². The SMILES string of the molecule is Cn1cc(-c2cnc3cnc(CC(=O)C(C)(C)F)cc3c2)nn1. The molecule has 3 rings (SSSR count). The molecule has 3 heterocycles. The van der Waals surface area contributed by atoms with E-state index in [9.17, 15) is 9.18 Å². The molecular formula is C16H16FN5O. The molecule has 0 saturated heterocycles. The number of alkyl halides is 1. The van der Waals surface area contributed by atoms with Crippen molar-refractivity contribution in [2.24, 2.45) is 7.05 Å². The maximum atomic E-state index is 13.7. The summed E-state index contributed by atoms with van der Waals surface area (Å²) in [7, 11) is 1.79. The number of Topliss-reactive ketones (excluding diaryl/α,β-unsaturated/α-hetero) is 1. The maximum absolute atomic E-state index is 13.7. The summed E-state index contributed by atoms with van der Waals surface area (Å²) < 4.78 is 15.3. The molecule has 0 N–H and O–H groups in total. The molecule has 0 unspecified atom stereocenters. The molecule has 0 bridgehead atoms. The highest BCUT2D eigenvalue weighted by molar-refractivity contribution is 5.89. The summed E-state index contributed by atoms with van der Waals surface area (Å²) in [4.78, 5) is 20.3. The van der Waals surface area contributed by atoms with Gasteiger partial charge in [-0.1, -0.05) is 5.21 Å². The Balaban J connectivity index is 1.96. The van der Waals surface area contributed by atoms with Gasteiger partial charge in [0.15, 0.2) is 11.5 Å². The van der Waals surface area contributed by atoms with Gasteiger partial charge in [0.25, 0.3) is 0 Å². The molecule has 6 nitrogen and oxygen atoms in total. The highest BCUT2D eigenvalue weighted by atomic mass is 19.1. The molecule has 0 amide bonds. The van der Waals surface area contributed by atoms with Crippen LogP contribution in [0.5, 0.6) is 0 Å². The average Bonchev–Trinajstić information content (AvgIpc) is 2.92. The minimum Gasteiger partial charge on any atom is -0.296 e. The van der Waals surface area contributed by atoms with E-state index in [-0.39, 0.29) is 6.42 Å². The molecule has 0 fully saturated rings. The van der Waals surface area contributed by atoms with Crippen molar-refractivity contribution in [2.75, 3.05) is 0 Å². The van der Waals surface area contributed by atoms with Gasteiger partial charge in [0.2, 0.25) is 0 Å². The van der Waals surface area contributed by atoms with Gasteiger partial charge in [-0.15, -0.1) is 5.10 Å². The van der Waals surface area contributed by atoms with Gasteiger partial charge >= 0.3 is 0 Å². The van der Waals surface area contributed by atoms with Gasteiger partial charge in [-0.2, -0.15) is 0 Å². The Kier molecular flexibility index (Phi) is 3.63. The number of nitrogens with zero attached hydrogens (tertiary/aromatic N) is 5. The van der Waals surface area contributed by atoms with Crippen LogP contribution >= 0.6 is 0 Å². The van der Waals surface area contributed by atoms with Crippen LogP contribution in [0.3, 0.4) is 0 Å². The van der Waals surface area contributed by atoms with E-state index in [2.05, 4.69) is 20.3 Å². The fraction of sp³-hybridized carbons (Fsp3) is 0.312. The number of carbonyl (C=O) groups excluding carboxylic acids is 1. The molecule has 0 saturated carbocycles. The number of rotatable bonds is 4. The fourth-order valence-corrected chi connectivity index (χ4v) is 2.17. The summed E-state index contributed by atoms with van der Waals surface area (Å²) in [5.41, 5.74) is 0.886. The third-order valence-corrected chi connectivity index (χ3v) is 3.53. The number of hydrogen-bond donors (Lipinski definition) is 0. The van der Waals surface area contributed by atoms with Gasteiger partial charge in [0.1, 0.15) is 5.69 Å². The van der Waals surface area contributed by atoms with Crippen molar-refractivity contribution in [2.45, 2.75) is 25.9 Å². The average molecular weight is 313 g/mol. The molecule has 3 aromatic rings. The van der Waals surface area contributed by atoms with E-state index in [1.165, 1.54) is 13.8 Å². The molecule has 0 aliphatic carbocycles. The van der Waals surface area contributed by atoms with E-state index < -0.39 is 11.5 Å². The second kappa shape index (κ2) is 5.49. The smallest absolute Gasteiger partial charge is 0.175 e. The molecule has 0 spiro atoms. The minimum atomic E-state index is -1.86. The standard InChI is InChI=1S/C16H16FN5O/c1-16(2,17)15(23)6-12-5-10-4-11(7-19-13(10)8-18-12)14-9-22(3)21-20-14/h4-5,7-9H,6H2,1-3H3. The van der Waals surface area contributed by atoms with Crippen LogP contribution in [-0.4, -0.2) is 36.4 Å². The summed E-state index contributed by atoms with van der Waals surface area (Å²) in [5, 5.41) is 8.77. The Morgan fingerprint density at radius 1 is 1.26 bits per heavy atom. The van der Waals surface area contributed by atoms with E-state index in [0.29, 0.717) is 16.9 Å². The zero-order valence-electron chi connectivity index (χ0n) is 13.1. The third-order valence-electron chi connectivity index (χ3n) is 3.53. The normalized spacial score (nSPS) is 11.8. The van der Waals surface area contributed by atoms with E-state index in [1.807, 2.05) is 6.07 Å². The first kappa shape index (κ1) is 15.2. The molecule has 0 atom stereocenters. The topological polar surface area (TPSA) is 73.6 Å². The fourth-order valence-electron chi connectivity index (χ4n) is 2.17. The first-order valence-electron chi connectivity index (χ1n) is 7.16. The van der Waals surface area contributed by atoms with E-state index >= 15 is 0 Å². The van der Waals surface area contributed by atoms with E-state index in [1.54, 1.807) is 36.4 Å². The number of fused-ring (bicyclic) bond motifs is 1. The van der Waals surface area contributed by atoms with Crippen LogP contribution < -0.4 is 0 Å². The number of hydrogen-bond acceptors (Lipinski definition) is 5. The summed E-state index contributed by atoms with van der Waals surface area (Å²) in [5.74, 6) is -0.498. The molecule has 0 aliphatic heterocycles. The quantitative estimate of drug-likeness (QED) is 0.739. The summed E-state index contributed by atoms with van der Waals surface area (Å²) in [6.07, 6.45) is 5.03. The predicted molar refractivity (Wildman–Crippen MR) is 83.4 cm³/mol. The van der Waals surface area contributed by atoms with Crippen molar-refractivity contribution in [3.63, 3.8) is 0 Å². The highest BCUT2D eigenvalue weighted by Gasteiger charge is 2.26. The van der Waals surface area contributed by atoms with Crippen molar-refractivity contribution >= 4 is 16.7 Å².